The van der Waals surface area contributed by atoms with Gasteiger partial charge in [0.2, 0.25) is 5.91 Å². The van der Waals surface area contributed by atoms with Gasteiger partial charge < -0.3 is 11.1 Å². The monoisotopic (exact) mass is 240 g/mol. The Kier molecular flexibility index (Phi) is 3.33. The maximum Gasteiger partial charge on any atom is 0.221 e. The smallest absolute Gasteiger partial charge is 0.221 e. The van der Waals surface area contributed by atoms with Gasteiger partial charge in [-0.1, -0.05) is 24.3 Å². The van der Waals surface area contributed by atoms with Crippen molar-refractivity contribution < 1.29 is 4.79 Å². The quantitative estimate of drug-likeness (QED) is 0.792. The molecular weight excluding hydrogens is 224 g/mol. The molecule has 0 heterocycles. The van der Waals surface area contributed by atoms with Gasteiger partial charge in [0.25, 0.3) is 0 Å². The highest BCUT2D eigenvalue weighted by Crippen LogP contribution is 2.28. The highest BCUT2D eigenvalue weighted by atomic mass is 16.1. The fraction of sp³-hybridized carbons (Fsp3) is 0.133. The predicted molar refractivity (Wildman–Crippen MR) is 75.3 cm³/mol. The van der Waals surface area contributed by atoms with Crippen molar-refractivity contribution in [1.82, 2.24) is 0 Å². The number of carbonyl (C=O) groups excluding carboxylic acids is 1. The summed E-state index contributed by atoms with van der Waals surface area (Å²) in [6, 6.07) is 13.6. The summed E-state index contributed by atoms with van der Waals surface area (Å²) in [4.78, 5) is 11.0. The Morgan fingerprint density at radius 2 is 1.94 bits per heavy atom. The van der Waals surface area contributed by atoms with Crippen LogP contribution < -0.4 is 11.1 Å². The van der Waals surface area contributed by atoms with E-state index in [1.807, 2.05) is 49.4 Å². The topological polar surface area (TPSA) is 55.1 Å². The summed E-state index contributed by atoms with van der Waals surface area (Å²) in [5, 5.41) is 2.77. The van der Waals surface area contributed by atoms with Gasteiger partial charge in [-0.25, -0.2) is 0 Å². The molecule has 0 radical (unpaired) electrons. The molecule has 0 aliphatic rings. The molecule has 3 heteroatoms. The van der Waals surface area contributed by atoms with Gasteiger partial charge in [0, 0.05) is 23.9 Å². The highest BCUT2D eigenvalue weighted by molar-refractivity contribution is 5.90. The Morgan fingerprint density at radius 3 is 2.61 bits per heavy atom. The van der Waals surface area contributed by atoms with Crippen LogP contribution in [0.1, 0.15) is 12.5 Å². The molecule has 0 aliphatic carbocycles. The number of nitrogens with one attached hydrogen (secondary N) is 1. The van der Waals surface area contributed by atoms with Crippen LogP contribution in [0.15, 0.2) is 42.5 Å². The minimum atomic E-state index is -0.0796. The van der Waals surface area contributed by atoms with Crippen LogP contribution >= 0.6 is 0 Å². The van der Waals surface area contributed by atoms with Gasteiger partial charge in [0.1, 0.15) is 0 Å². The number of rotatable bonds is 2. The molecule has 0 atom stereocenters. The van der Waals surface area contributed by atoms with Gasteiger partial charge in [-0.2, -0.15) is 0 Å². The van der Waals surface area contributed by atoms with Crippen LogP contribution in [0.3, 0.4) is 0 Å². The predicted octanol–water partition coefficient (Wildman–Crippen LogP) is 3.20. The van der Waals surface area contributed by atoms with E-state index in [1.165, 1.54) is 6.92 Å². The standard InChI is InChI=1S/C15H16N2O/c1-10-6-7-14(15(16)8-10)12-4-3-5-13(9-12)17-11(2)18/h3-9H,16H2,1-2H3,(H,17,18). The summed E-state index contributed by atoms with van der Waals surface area (Å²) in [5.41, 5.74) is 10.7. The molecule has 0 saturated carbocycles. The van der Waals surface area contributed by atoms with E-state index >= 15 is 0 Å². The lowest BCUT2D eigenvalue weighted by Crippen LogP contribution is -2.05. The molecule has 18 heavy (non-hydrogen) atoms. The number of nitrogens with two attached hydrogens (primary N) is 1. The average molecular weight is 240 g/mol. The van der Waals surface area contributed by atoms with Gasteiger partial charge in [0.05, 0.1) is 0 Å². The zero-order valence-electron chi connectivity index (χ0n) is 10.5. The minimum absolute atomic E-state index is 0.0796. The van der Waals surface area contributed by atoms with Gasteiger partial charge in [-0.05, 0) is 36.2 Å². The highest BCUT2D eigenvalue weighted by Gasteiger charge is 2.04. The lowest BCUT2D eigenvalue weighted by molar-refractivity contribution is -0.114. The number of carbonyl (C=O) groups is 1. The molecule has 92 valence electrons. The van der Waals surface area contributed by atoms with E-state index in [0.717, 1.165) is 28.1 Å². The molecule has 0 aliphatic heterocycles. The molecule has 0 spiro atoms. The second kappa shape index (κ2) is 4.92. The summed E-state index contributed by atoms with van der Waals surface area (Å²) < 4.78 is 0. The molecule has 2 rings (SSSR count). The zero-order chi connectivity index (χ0) is 13.1. The molecule has 0 unspecified atom stereocenters. The number of aryl methyl sites for hydroxylation is 1. The number of benzene rings is 2. The summed E-state index contributed by atoms with van der Waals surface area (Å²) >= 11 is 0. The molecule has 0 saturated heterocycles. The third kappa shape index (κ3) is 2.69. The first kappa shape index (κ1) is 12.2. The maximum absolute atomic E-state index is 11.0. The van der Waals surface area contributed by atoms with Gasteiger partial charge >= 0.3 is 0 Å². The number of nitrogen functional groups attached to an aromatic ring is 1. The Bertz CT molecular complexity index is 591. The van der Waals surface area contributed by atoms with Gasteiger partial charge in [-0.3, -0.25) is 4.79 Å². The molecule has 0 fully saturated rings. The van der Waals surface area contributed by atoms with E-state index in [1.54, 1.807) is 0 Å². The molecule has 2 aromatic carbocycles. The Labute approximate surface area is 107 Å². The van der Waals surface area contributed by atoms with Crippen molar-refractivity contribution in [3.63, 3.8) is 0 Å². The normalized spacial score (nSPS) is 10.1. The Hall–Kier alpha value is -2.29. The van der Waals surface area contributed by atoms with Gasteiger partial charge in [-0.15, -0.1) is 0 Å². The van der Waals surface area contributed by atoms with Crippen LogP contribution in [0, 0.1) is 6.92 Å². The number of anilines is 2. The zero-order valence-corrected chi connectivity index (χ0v) is 10.5. The van der Waals surface area contributed by atoms with Crippen molar-refractivity contribution >= 4 is 17.3 Å². The molecule has 2 aromatic rings. The SMILES string of the molecule is CC(=O)Nc1cccc(-c2ccc(C)cc2N)c1. The van der Waals surface area contributed by atoms with Crippen molar-refractivity contribution in [3.8, 4) is 11.1 Å². The molecule has 0 aromatic heterocycles. The Balaban J connectivity index is 2.41. The fourth-order valence-corrected chi connectivity index (χ4v) is 1.91. The number of hydrogen-bond donors (Lipinski definition) is 2. The van der Waals surface area contributed by atoms with E-state index in [9.17, 15) is 4.79 Å². The third-order valence-electron chi connectivity index (χ3n) is 2.70. The number of amides is 1. The van der Waals surface area contributed by atoms with Crippen LogP contribution in [0.4, 0.5) is 11.4 Å². The van der Waals surface area contributed by atoms with E-state index in [-0.39, 0.29) is 5.91 Å². The average Bonchev–Trinajstić information content (AvgIpc) is 2.28. The first-order valence-corrected chi connectivity index (χ1v) is 5.80. The second-order valence-corrected chi connectivity index (χ2v) is 4.35. The Morgan fingerprint density at radius 1 is 1.17 bits per heavy atom. The van der Waals surface area contributed by atoms with Crippen molar-refractivity contribution in [1.29, 1.82) is 0 Å². The van der Waals surface area contributed by atoms with Crippen LogP contribution in [-0.2, 0) is 4.79 Å². The lowest BCUT2D eigenvalue weighted by atomic mass is 10.0. The summed E-state index contributed by atoms with van der Waals surface area (Å²) in [6.07, 6.45) is 0. The molecule has 0 bridgehead atoms. The van der Waals surface area contributed by atoms with Crippen LogP contribution in [-0.4, -0.2) is 5.91 Å². The summed E-state index contributed by atoms with van der Waals surface area (Å²) in [7, 11) is 0. The van der Waals surface area contributed by atoms with Crippen molar-refractivity contribution in [2.24, 2.45) is 0 Å². The lowest BCUT2D eigenvalue weighted by Gasteiger charge is -2.09. The molecular formula is C15H16N2O. The van der Waals surface area contributed by atoms with E-state index in [4.69, 9.17) is 5.73 Å². The molecule has 3 nitrogen and oxygen atoms in total. The second-order valence-electron chi connectivity index (χ2n) is 4.35. The van der Waals surface area contributed by atoms with E-state index < -0.39 is 0 Å². The van der Waals surface area contributed by atoms with Crippen molar-refractivity contribution in [3.05, 3.63) is 48.0 Å². The summed E-state index contributed by atoms with van der Waals surface area (Å²) in [5.74, 6) is -0.0796. The van der Waals surface area contributed by atoms with Crippen molar-refractivity contribution in [2.75, 3.05) is 11.1 Å². The first-order chi connectivity index (χ1) is 8.56. The number of hydrogen-bond acceptors (Lipinski definition) is 2. The molecule has 3 N–H and O–H groups in total. The fourth-order valence-electron chi connectivity index (χ4n) is 1.91. The van der Waals surface area contributed by atoms with Crippen LogP contribution in [0.25, 0.3) is 11.1 Å². The first-order valence-electron chi connectivity index (χ1n) is 5.80. The minimum Gasteiger partial charge on any atom is -0.398 e. The third-order valence-corrected chi connectivity index (χ3v) is 2.70. The van der Waals surface area contributed by atoms with Crippen LogP contribution in [0.5, 0.6) is 0 Å². The summed E-state index contributed by atoms with van der Waals surface area (Å²) in [6.45, 7) is 3.50. The maximum atomic E-state index is 11.0. The van der Waals surface area contributed by atoms with E-state index in [2.05, 4.69) is 5.32 Å². The largest absolute Gasteiger partial charge is 0.398 e. The van der Waals surface area contributed by atoms with Crippen molar-refractivity contribution in [2.45, 2.75) is 13.8 Å². The van der Waals surface area contributed by atoms with Gasteiger partial charge in [0.15, 0.2) is 0 Å². The van der Waals surface area contributed by atoms with Crippen LogP contribution in [0.2, 0.25) is 0 Å². The van der Waals surface area contributed by atoms with E-state index in [0.29, 0.717) is 0 Å². The molecule has 1 amide bonds.